The highest BCUT2D eigenvalue weighted by Crippen LogP contribution is 2.12. The van der Waals surface area contributed by atoms with Gasteiger partial charge in [-0.2, -0.15) is 17.4 Å². The molecule has 0 aliphatic carbocycles. The molecule has 3 N–H and O–H groups in total. The van der Waals surface area contributed by atoms with Crippen molar-refractivity contribution in [2.24, 2.45) is 5.92 Å². The number of hydrogen-bond acceptors (Lipinski definition) is 5. The lowest BCUT2D eigenvalue weighted by atomic mass is 9.99. The van der Waals surface area contributed by atoms with Crippen molar-refractivity contribution in [2.75, 3.05) is 33.0 Å². The van der Waals surface area contributed by atoms with Crippen LogP contribution in [0.2, 0.25) is 0 Å². The third kappa shape index (κ3) is 7.59. The molecule has 1 saturated heterocycles. The fourth-order valence-corrected chi connectivity index (χ4v) is 4.61. The van der Waals surface area contributed by atoms with Crippen LogP contribution in [0.5, 0.6) is 0 Å². The van der Waals surface area contributed by atoms with Crippen LogP contribution in [0.4, 0.5) is 4.39 Å². The number of aliphatic hydroxyl groups is 1. The van der Waals surface area contributed by atoms with Gasteiger partial charge in [0.05, 0.1) is 19.3 Å². The summed E-state index contributed by atoms with van der Waals surface area (Å²) in [7, 11) is -3.89. The maximum atomic E-state index is 13.2. The van der Waals surface area contributed by atoms with Crippen molar-refractivity contribution in [2.45, 2.75) is 44.9 Å². The van der Waals surface area contributed by atoms with E-state index >= 15 is 0 Å². The van der Waals surface area contributed by atoms with Crippen molar-refractivity contribution >= 4 is 16.1 Å². The molecule has 0 bridgehead atoms. The predicted molar refractivity (Wildman–Crippen MR) is 112 cm³/mol. The predicted octanol–water partition coefficient (Wildman–Crippen LogP) is 0.626. The van der Waals surface area contributed by atoms with E-state index in [1.807, 2.05) is 44.2 Å². The van der Waals surface area contributed by atoms with E-state index in [0.717, 1.165) is 5.56 Å². The molecule has 10 heteroatoms. The Labute approximate surface area is 178 Å². The first kappa shape index (κ1) is 24.7. The zero-order valence-corrected chi connectivity index (χ0v) is 18.3. The van der Waals surface area contributed by atoms with Crippen LogP contribution in [0.25, 0.3) is 0 Å². The molecule has 30 heavy (non-hydrogen) atoms. The first-order valence-corrected chi connectivity index (χ1v) is 11.6. The molecule has 0 radical (unpaired) electrons. The number of ether oxygens (including phenoxy) is 1. The lowest BCUT2D eigenvalue weighted by molar-refractivity contribution is -0.124. The standard InChI is InChI=1S/C20H32FN3O5S/c1-15(2)12-18(23-30(27,28)24-8-10-29-11-9-24)20(26)22-17(19(25)14-21)13-16-6-4-3-5-7-16/h3-7,15,17-19,23,25H,8-14H2,1-2H3,(H,22,26)/t17?,18-,19?/m0/s1. The van der Waals surface area contributed by atoms with Gasteiger partial charge in [0.15, 0.2) is 0 Å². The van der Waals surface area contributed by atoms with Crippen LogP contribution < -0.4 is 10.0 Å². The summed E-state index contributed by atoms with van der Waals surface area (Å²) in [4.78, 5) is 12.9. The van der Waals surface area contributed by atoms with Gasteiger partial charge in [-0.1, -0.05) is 44.2 Å². The SMILES string of the molecule is CC(C)C[C@H](NS(=O)(=O)N1CCOCC1)C(=O)NC(Cc1ccccc1)C(O)CF. The van der Waals surface area contributed by atoms with E-state index in [1.54, 1.807) is 0 Å². The minimum absolute atomic E-state index is 0.0341. The summed E-state index contributed by atoms with van der Waals surface area (Å²) in [5.41, 5.74) is 0.824. The molecule has 0 aromatic heterocycles. The van der Waals surface area contributed by atoms with Crippen LogP contribution in [0.15, 0.2) is 30.3 Å². The van der Waals surface area contributed by atoms with E-state index < -0.39 is 41.0 Å². The minimum Gasteiger partial charge on any atom is -0.388 e. The van der Waals surface area contributed by atoms with Crippen molar-refractivity contribution in [3.8, 4) is 0 Å². The number of hydrogen-bond donors (Lipinski definition) is 3. The summed E-state index contributed by atoms with van der Waals surface area (Å²) in [6, 6.07) is 7.17. The highest BCUT2D eigenvalue weighted by atomic mass is 32.2. The lowest BCUT2D eigenvalue weighted by Gasteiger charge is -2.30. The van der Waals surface area contributed by atoms with Crippen LogP contribution in [-0.4, -0.2) is 74.9 Å². The molecule has 1 fully saturated rings. The topological polar surface area (TPSA) is 108 Å². The van der Waals surface area contributed by atoms with E-state index in [9.17, 15) is 22.7 Å². The fraction of sp³-hybridized carbons (Fsp3) is 0.650. The maximum absolute atomic E-state index is 13.2. The lowest BCUT2D eigenvalue weighted by Crippen LogP contribution is -2.57. The van der Waals surface area contributed by atoms with Gasteiger partial charge in [-0.15, -0.1) is 0 Å². The first-order valence-electron chi connectivity index (χ1n) is 10.2. The molecule has 1 heterocycles. The normalized spacial score (nSPS) is 18.7. The number of amides is 1. The molecule has 2 rings (SSSR count). The van der Waals surface area contributed by atoms with Crippen LogP contribution in [0.3, 0.4) is 0 Å². The third-order valence-corrected chi connectivity index (χ3v) is 6.50. The highest BCUT2D eigenvalue weighted by molar-refractivity contribution is 7.87. The molecule has 0 saturated carbocycles. The van der Waals surface area contributed by atoms with Crippen molar-refractivity contribution < 1.29 is 27.4 Å². The molecule has 8 nitrogen and oxygen atoms in total. The largest absolute Gasteiger partial charge is 0.388 e. The van der Waals surface area contributed by atoms with Crippen LogP contribution in [0.1, 0.15) is 25.8 Å². The summed E-state index contributed by atoms with van der Waals surface area (Å²) in [5, 5.41) is 12.7. The Morgan fingerprint density at radius 1 is 1.23 bits per heavy atom. The number of aliphatic hydroxyl groups excluding tert-OH is 1. The van der Waals surface area contributed by atoms with Gasteiger partial charge < -0.3 is 15.2 Å². The van der Waals surface area contributed by atoms with Gasteiger partial charge in [-0.3, -0.25) is 4.79 Å². The van der Waals surface area contributed by atoms with Crippen LogP contribution in [-0.2, 0) is 26.2 Å². The van der Waals surface area contributed by atoms with E-state index in [2.05, 4.69) is 10.0 Å². The first-order chi connectivity index (χ1) is 14.2. The molecule has 1 aromatic carbocycles. The Morgan fingerprint density at radius 2 is 1.87 bits per heavy atom. The third-order valence-electron chi connectivity index (χ3n) is 4.87. The van der Waals surface area contributed by atoms with E-state index in [0.29, 0.717) is 13.2 Å². The van der Waals surface area contributed by atoms with Crippen molar-refractivity contribution in [3.05, 3.63) is 35.9 Å². The van der Waals surface area contributed by atoms with Crippen molar-refractivity contribution in [1.82, 2.24) is 14.3 Å². The summed E-state index contributed by atoms with van der Waals surface area (Å²) < 4.78 is 47.5. The Balaban J connectivity index is 2.13. The van der Waals surface area contributed by atoms with Gasteiger partial charge in [0.2, 0.25) is 5.91 Å². The molecule has 1 amide bonds. The Bertz CT molecular complexity index is 757. The second-order valence-corrected chi connectivity index (χ2v) is 9.55. The molecule has 0 spiro atoms. The Morgan fingerprint density at radius 3 is 2.43 bits per heavy atom. The monoisotopic (exact) mass is 445 g/mol. The molecular weight excluding hydrogens is 413 g/mol. The van der Waals surface area contributed by atoms with Gasteiger partial charge in [-0.05, 0) is 24.3 Å². The number of halogens is 1. The van der Waals surface area contributed by atoms with E-state index in [1.165, 1.54) is 4.31 Å². The highest BCUT2D eigenvalue weighted by Gasteiger charge is 2.32. The quantitative estimate of drug-likeness (QED) is 0.463. The number of nitrogens with one attached hydrogen (secondary N) is 2. The molecule has 3 atom stereocenters. The number of nitrogens with zero attached hydrogens (tertiary/aromatic N) is 1. The molecule has 1 aromatic rings. The van der Waals surface area contributed by atoms with Crippen molar-refractivity contribution in [3.63, 3.8) is 0 Å². The zero-order valence-electron chi connectivity index (χ0n) is 17.5. The summed E-state index contributed by atoms with van der Waals surface area (Å²) in [6.07, 6.45) is -0.911. The van der Waals surface area contributed by atoms with E-state index in [4.69, 9.17) is 4.74 Å². The number of morpholine rings is 1. The Kier molecular flexibility index (Phi) is 9.63. The maximum Gasteiger partial charge on any atom is 0.280 e. The average molecular weight is 446 g/mol. The van der Waals surface area contributed by atoms with Gasteiger partial charge in [-0.25, -0.2) is 4.39 Å². The van der Waals surface area contributed by atoms with E-state index in [-0.39, 0.29) is 31.8 Å². The van der Waals surface area contributed by atoms with Crippen LogP contribution in [0, 0.1) is 5.92 Å². The zero-order chi connectivity index (χ0) is 22.1. The fourth-order valence-electron chi connectivity index (χ4n) is 3.26. The molecule has 1 aliphatic heterocycles. The van der Waals surface area contributed by atoms with Crippen molar-refractivity contribution in [1.29, 1.82) is 0 Å². The van der Waals surface area contributed by atoms with Gasteiger partial charge in [0, 0.05) is 13.1 Å². The smallest absolute Gasteiger partial charge is 0.280 e. The molecule has 170 valence electrons. The number of benzene rings is 1. The molecule has 2 unspecified atom stereocenters. The van der Waals surface area contributed by atoms with Gasteiger partial charge in [0.25, 0.3) is 10.2 Å². The summed E-state index contributed by atoms with van der Waals surface area (Å²) in [6.45, 7) is 3.74. The number of rotatable bonds is 11. The second-order valence-electron chi connectivity index (χ2n) is 7.84. The second kappa shape index (κ2) is 11.7. The summed E-state index contributed by atoms with van der Waals surface area (Å²) >= 11 is 0. The average Bonchev–Trinajstić information content (AvgIpc) is 2.73. The number of carbonyl (C=O) groups excluding carboxylic acids is 1. The summed E-state index contributed by atoms with van der Waals surface area (Å²) in [5.74, 6) is -0.555. The molecule has 1 aliphatic rings. The molecular formula is C20H32FN3O5S. The van der Waals surface area contributed by atoms with Gasteiger partial charge >= 0.3 is 0 Å². The minimum atomic E-state index is -3.89. The van der Waals surface area contributed by atoms with Crippen LogP contribution >= 0.6 is 0 Å². The Hall–Kier alpha value is -1.59. The number of carbonyl (C=O) groups is 1. The number of alkyl halides is 1. The van der Waals surface area contributed by atoms with Gasteiger partial charge in [0.1, 0.15) is 18.8 Å².